The smallest absolute Gasteiger partial charge is 0.293 e. The Labute approximate surface area is 192 Å². The minimum Gasteiger partial charge on any atom is -0.363 e. The molecule has 2 aliphatic rings. The first-order valence-electron chi connectivity index (χ1n) is 10.9. The van der Waals surface area contributed by atoms with Gasteiger partial charge in [0.25, 0.3) is 5.69 Å². The molecule has 0 bridgehead atoms. The van der Waals surface area contributed by atoms with Gasteiger partial charge in [-0.3, -0.25) is 15.0 Å². The highest BCUT2D eigenvalue weighted by Crippen LogP contribution is 2.33. The third-order valence-electron chi connectivity index (χ3n) is 6.29. The van der Waals surface area contributed by atoms with Crippen LogP contribution < -0.4 is 4.90 Å². The third-order valence-corrected chi connectivity index (χ3v) is 9.01. The van der Waals surface area contributed by atoms with Crippen LogP contribution in [0.4, 0.5) is 11.4 Å². The Morgan fingerprint density at radius 1 is 1.16 bits per heavy atom. The number of benzene rings is 1. The molecule has 0 spiro atoms. The normalized spacial score (nSPS) is 19.4. The number of rotatable bonds is 6. The van der Waals surface area contributed by atoms with E-state index >= 15 is 0 Å². The second-order valence-corrected chi connectivity index (χ2v) is 11.6. The fourth-order valence-corrected chi connectivity index (χ4v) is 6.40. The zero-order valence-corrected chi connectivity index (χ0v) is 20.1. The van der Waals surface area contributed by atoms with E-state index < -0.39 is 14.9 Å². The van der Waals surface area contributed by atoms with Crippen molar-refractivity contribution in [1.82, 2.24) is 14.2 Å². The number of hydrogen-bond acceptors (Lipinski definition) is 8. The Hall–Kier alpha value is -2.08. The minimum atomic E-state index is -3.73. The molecule has 1 aromatic carbocycles. The number of piperazine rings is 1. The molecule has 2 aliphatic heterocycles. The highest BCUT2D eigenvalue weighted by atomic mass is 32.2. The molecular weight excluding hydrogens is 450 g/mol. The van der Waals surface area contributed by atoms with Crippen LogP contribution in [-0.2, 0) is 16.6 Å². The van der Waals surface area contributed by atoms with E-state index in [4.69, 9.17) is 0 Å². The van der Waals surface area contributed by atoms with Crippen molar-refractivity contribution in [3.8, 4) is 0 Å². The number of thiazole rings is 1. The number of anilines is 1. The molecule has 11 heteroatoms. The summed E-state index contributed by atoms with van der Waals surface area (Å²) in [6.07, 6.45) is 1.62. The maximum absolute atomic E-state index is 13.1. The first-order chi connectivity index (χ1) is 15.2. The summed E-state index contributed by atoms with van der Waals surface area (Å²) in [6.45, 7) is 8.59. The Kier molecular flexibility index (Phi) is 6.80. The fourth-order valence-electron chi connectivity index (χ4n) is 4.31. The van der Waals surface area contributed by atoms with Crippen molar-refractivity contribution in [2.24, 2.45) is 5.92 Å². The van der Waals surface area contributed by atoms with E-state index in [0.29, 0.717) is 37.8 Å². The van der Waals surface area contributed by atoms with E-state index in [2.05, 4.69) is 22.2 Å². The van der Waals surface area contributed by atoms with Gasteiger partial charge in [0.1, 0.15) is 5.69 Å². The SMILES string of the molecule is Cc1nc(CN2CCN(c3ccc(S(=O)(=O)N4CCC(C)CC4)cc3[N+](=O)[O-])CC2)cs1. The van der Waals surface area contributed by atoms with Crippen LogP contribution in [0.2, 0.25) is 0 Å². The summed E-state index contributed by atoms with van der Waals surface area (Å²) in [4.78, 5) is 20.1. The van der Waals surface area contributed by atoms with E-state index in [9.17, 15) is 18.5 Å². The fraction of sp³-hybridized carbons (Fsp3) is 0.571. The quantitative estimate of drug-likeness (QED) is 0.464. The number of nitro benzene ring substituents is 1. The molecule has 0 atom stereocenters. The van der Waals surface area contributed by atoms with Crippen molar-refractivity contribution >= 4 is 32.7 Å². The lowest BCUT2D eigenvalue weighted by atomic mass is 10.0. The Balaban J connectivity index is 1.48. The molecule has 4 rings (SSSR count). The lowest BCUT2D eigenvalue weighted by Crippen LogP contribution is -2.46. The van der Waals surface area contributed by atoms with Gasteiger partial charge in [0.15, 0.2) is 0 Å². The molecule has 0 N–H and O–H groups in total. The van der Waals surface area contributed by atoms with Gasteiger partial charge in [-0.1, -0.05) is 6.92 Å². The molecule has 0 unspecified atom stereocenters. The number of nitrogens with zero attached hydrogens (tertiary/aromatic N) is 5. The molecule has 2 saturated heterocycles. The van der Waals surface area contributed by atoms with Crippen LogP contribution in [0.25, 0.3) is 0 Å². The molecular formula is C21H29N5O4S2. The highest BCUT2D eigenvalue weighted by molar-refractivity contribution is 7.89. The van der Waals surface area contributed by atoms with Gasteiger partial charge in [0.2, 0.25) is 10.0 Å². The topological polar surface area (TPSA) is 99.9 Å². The van der Waals surface area contributed by atoms with Crippen molar-refractivity contribution < 1.29 is 13.3 Å². The summed E-state index contributed by atoms with van der Waals surface area (Å²) in [5.74, 6) is 0.497. The zero-order valence-electron chi connectivity index (χ0n) is 18.4. The summed E-state index contributed by atoms with van der Waals surface area (Å²) in [5, 5.41) is 14.9. The maximum Gasteiger partial charge on any atom is 0.293 e. The third kappa shape index (κ3) is 4.95. The number of aromatic nitrogens is 1. The molecule has 2 fully saturated rings. The van der Waals surface area contributed by atoms with Crippen molar-refractivity contribution in [3.63, 3.8) is 0 Å². The molecule has 2 aromatic rings. The first kappa shape index (κ1) is 23.1. The van der Waals surface area contributed by atoms with Gasteiger partial charge in [-0.15, -0.1) is 11.3 Å². The van der Waals surface area contributed by atoms with Crippen LogP contribution in [0, 0.1) is 23.0 Å². The minimum absolute atomic E-state index is 0.0000380. The van der Waals surface area contributed by atoms with Crippen LogP contribution in [0.5, 0.6) is 0 Å². The maximum atomic E-state index is 13.1. The number of piperidine rings is 1. The van der Waals surface area contributed by atoms with Gasteiger partial charge in [0, 0.05) is 57.3 Å². The van der Waals surface area contributed by atoms with Crippen molar-refractivity contribution in [1.29, 1.82) is 0 Å². The van der Waals surface area contributed by atoms with Crippen molar-refractivity contribution in [2.75, 3.05) is 44.2 Å². The molecule has 0 amide bonds. The van der Waals surface area contributed by atoms with Crippen molar-refractivity contribution in [3.05, 3.63) is 44.4 Å². The number of nitro groups is 1. The predicted octanol–water partition coefficient (Wildman–Crippen LogP) is 3.10. The van der Waals surface area contributed by atoms with Gasteiger partial charge >= 0.3 is 0 Å². The lowest BCUT2D eigenvalue weighted by molar-refractivity contribution is -0.384. The molecule has 0 saturated carbocycles. The van der Waals surface area contributed by atoms with Gasteiger partial charge in [-0.2, -0.15) is 4.31 Å². The number of aryl methyl sites for hydroxylation is 1. The summed E-state index contributed by atoms with van der Waals surface area (Å²) in [7, 11) is -3.73. The van der Waals surface area contributed by atoms with E-state index in [1.165, 1.54) is 16.4 Å². The standard InChI is InChI=1S/C21H29N5O4S2/c1-16-5-7-25(8-6-16)32(29,30)19-3-4-20(21(13-19)26(27)28)24-11-9-23(10-12-24)14-18-15-31-17(2)22-18/h3-4,13,15-16H,5-12,14H2,1-2H3. The van der Waals surface area contributed by atoms with Crippen LogP contribution >= 0.6 is 11.3 Å². The number of hydrogen-bond donors (Lipinski definition) is 0. The lowest BCUT2D eigenvalue weighted by Gasteiger charge is -2.35. The first-order valence-corrected chi connectivity index (χ1v) is 13.2. The Bertz CT molecular complexity index is 1070. The van der Waals surface area contributed by atoms with E-state index in [0.717, 1.165) is 43.2 Å². The molecule has 3 heterocycles. The van der Waals surface area contributed by atoms with Crippen LogP contribution in [0.1, 0.15) is 30.5 Å². The van der Waals surface area contributed by atoms with Crippen LogP contribution in [0.3, 0.4) is 0 Å². The summed E-state index contributed by atoms with van der Waals surface area (Å²) < 4.78 is 27.6. The average molecular weight is 480 g/mol. The largest absolute Gasteiger partial charge is 0.363 e. The van der Waals surface area contributed by atoms with Gasteiger partial charge in [0.05, 0.1) is 20.5 Å². The average Bonchev–Trinajstić information content (AvgIpc) is 3.18. The second kappa shape index (κ2) is 9.42. The monoisotopic (exact) mass is 479 g/mol. The Morgan fingerprint density at radius 2 is 1.84 bits per heavy atom. The Morgan fingerprint density at radius 3 is 2.44 bits per heavy atom. The van der Waals surface area contributed by atoms with E-state index in [1.54, 1.807) is 17.4 Å². The summed E-state index contributed by atoms with van der Waals surface area (Å²) >= 11 is 1.63. The van der Waals surface area contributed by atoms with E-state index in [-0.39, 0.29) is 10.6 Å². The summed E-state index contributed by atoms with van der Waals surface area (Å²) in [6, 6.07) is 4.34. The molecule has 0 aliphatic carbocycles. The summed E-state index contributed by atoms with van der Waals surface area (Å²) in [5.41, 5.74) is 1.37. The van der Waals surface area contributed by atoms with Gasteiger partial charge in [-0.05, 0) is 37.8 Å². The predicted molar refractivity (Wildman–Crippen MR) is 125 cm³/mol. The van der Waals surface area contributed by atoms with Gasteiger partial charge in [-0.25, -0.2) is 13.4 Å². The number of sulfonamides is 1. The van der Waals surface area contributed by atoms with Crippen LogP contribution in [-0.4, -0.2) is 66.8 Å². The molecule has 0 radical (unpaired) electrons. The van der Waals surface area contributed by atoms with Gasteiger partial charge < -0.3 is 4.90 Å². The van der Waals surface area contributed by atoms with Crippen LogP contribution in [0.15, 0.2) is 28.5 Å². The zero-order chi connectivity index (χ0) is 22.9. The van der Waals surface area contributed by atoms with Crippen molar-refractivity contribution in [2.45, 2.75) is 38.1 Å². The highest BCUT2D eigenvalue weighted by Gasteiger charge is 2.31. The van der Waals surface area contributed by atoms with E-state index in [1.807, 2.05) is 11.8 Å². The molecule has 174 valence electrons. The molecule has 1 aromatic heterocycles. The molecule has 32 heavy (non-hydrogen) atoms. The molecule has 9 nitrogen and oxygen atoms in total. The second-order valence-electron chi connectivity index (χ2n) is 8.62.